The van der Waals surface area contributed by atoms with Crippen molar-refractivity contribution in [3.63, 3.8) is 0 Å². The third-order valence-electron chi connectivity index (χ3n) is 6.64. The Hall–Kier alpha value is -3.89. The molecule has 36 heavy (non-hydrogen) atoms. The number of imidazole rings is 1. The number of rotatable bonds is 5. The average Bonchev–Trinajstić information content (AvgIpc) is 3.44. The SMILES string of the molecule is O=C(COC(=O)C(F)(F)F)Nc1cccc(N2CCC(C3c4c(F)cccc4-c4cncn43)CC2)c1. The summed E-state index contributed by atoms with van der Waals surface area (Å²) in [5.74, 6) is -3.30. The summed E-state index contributed by atoms with van der Waals surface area (Å²) in [5, 5.41) is 2.44. The van der Waals surface area contributed by atoms with Gasteiger partial charge in [0.05, 0.1) is 24.3 Å². The Morgan fingerprint density at radius 3 is 2.61 bits per heavy atom. The zero-order valence-corrected chi connectivity index (χ0v) is 19.0. The molecule has 0 radical (unpaired) electrons. The molecule has 2 aromatic carbocycles. The summed E-state index contributed by atoms with van der Waals surface area (Å²) in [6.45, 7) is 0.370. The molecule has 1 saturated heterocycles. The second-order valence-electron chi connectivity index (χ2n) is 8.83. The molecular weight excluding hydrogens is 480 g/mol. The predicted octanol–water partition coefficient (Wildman–Crippen LogP) is 4.55. The van der Waals surface area contributed by atoms with Crippen molar-refractivity contribution in [1.82, 2.24) is 9.55 Å². The van der Waals surface area contributed by atoms with E-state index in [1.165, 1.54) is 6.07 Å². The average molecular weight is 502 g/mol. The van der Waals surface area contributed by atoms with Crippen LogP contribution in [0.4, 0.5) is 28.9 Å². The number of hydrogen-bond donors (Lipinski definition) is 1. The number of hydrogen-bond acceptors (Lipinski definition) is 5. The van der Waals surface area contributed by atoms with Gasteiger partial charge in [-0.05, 0) is 43.0 Å². The van der Waals surface area contributed by atoms with E-state index in [0.717, 1.165) is 29.8 Å². The van der Waals surface area contributed by atoms with Crippen LogP contribution in [0, 0.1) is 11.7 Å². The molecule has 1 atom stereocenters. The normalized spacial score (nSPS) is 17.4. The maximum absolute atomic E-state index is 14.8. The van der Waals surface area contributed by atoms with Crippen LogP contribution in [0.3, 0.4) is 0 Å². The number of fused-ring (bicyclic) bond motifs is 3. The molecule has 1 aromatic heterocycles. The van der Waals surface area contributed by atoms with E-state index in [9.17, 15) is 27.2 Å². The van der Waals surface area contributed by atoms with Gasteiger partial charge in [0, 0.05) is 35.6 Å². The van der Waals surface area contributed by atoms with Gasteiger partial charge in [-0.2, -0.15) is 13.2 Å². The highest BCUT2D eigenvalue weighted by Gasteiger charge is 2.41. The number of carbonyl (C=O) groups is 2. The monoisotopic (exact) mass is 502 g/mol. The molecule has 1 amide bonds. The van der Waals surface area contributed by atoms with Crippen molar-refractivity contribution in [1.29, 1.82) is 0 Å². The first-order valence-electron chi connectivity index (χ1n) is 11.4. The maximum atomic E-state index is 14.8. The van der Waals surface area contributed by atoms with Crippen LogP contribution in [-0.4, -0.2) is 47.3 Å². The van der Waals surface area contributed by atoms with E-state index in [1.807, 2.05) is 12.1 Å². The molecule has 5 rings (SSSR count). The lowest BCUT2D eigenvalue weighted by atomic mass is 9.85. The minimum absolute atomic E-state index is 0.120. The highest BCUT2D eigenvalue weighted by atomic mass is 19.4. The number of alkyl halides is 3. The molecule has 0 saturated carbocycles. The number of ether oxygens (including phenoxy) is 1. The molecule has 3 aromatic rings. The lowest BCUT2D eigenvalue weighted by Gasteiger charge is -2.37. The Morgan fingerprint density at radius 1 is 1.11 bits per heavy atom. The first kappa shape index (κ1) is 23.8. The van der Waals surface area contributed by atoms with Gasteiger partial charge in [0.2, 0.25) is 0 Å². The van der Waals surface area contributed by atoms with Crippen LogP contribution in [0.5, 0.6) is 0 Å². The molecular formula is C25H22F4N4O3. The number of carbonyl (C=O) groups excluding carboxylic acids is 2. The van der Waals surface area contributed by atoms with Gasteiger partial charge in [-0.1, -0.05) is 18.2 Å². The van der Waals surface area contributed by atoms with E-state index in [1.54, 1.807) is 36.8 Å². The Balaban J connectivity index is 1.22. The van der Waals surface area contributed by atoms with Crippen molar-refractivity contribution in [3.05, 3.63) is 66.4 Å². The summed E-state index contributed by atoms with van der Waals surface area (Å²) < 4.78 is 57.5. The highest BCUT2D eigenvalue weighted by molar-refractivity contribution is 5.93. The topological polar surface area (TPSA) is 76.5 Å². The number of aromatic nitrogens is 2. The highest BCUT2D eigenvalue weighted by Crippen LogP contribution is 2.47. The molecule has 1 fully saturated rings. The molecule has 2 aliphatic heterocycles. The third kappa shape index (κ3) is 4.52. The molecule has 2 aliphatic rings. The van der Waals surface area contributed by atoms with Crippen LogP contribution >= 0.6 is 0 Å². The Bertz CT molecular complexity index is 1300. The van der Waals surface area contributed by atoms with Crippen LogP contribution < -0.4 is 10.2 Å². The second-order valence-corrected chi connectivity index (χ2v) is 8.83. The molecule has 0 spiro atoms. The minimum Gasteiger partial charge on any atom is -0.449 e. The van der Waals surface area contributed by atoms with Gasteiger partial charge in [-0.25, -0.2) is 14.2 Å². The van der Waals surface area contributed by atoms with Gasteiger partial charge >= 0.3 is 12.1 Å². The zero-order chi connectivity index (χ0) is 25.4. The van der Waals surface area contributed by atoms with Crippen molar-refractivity contribution in [2.24, 2.45) is 5.92 Å². The number of nitrogens with zero attached hydrogens (tertiary/aromatic N) is 3. The fraction of sp³-hybridized carbons (Fsp3) is 0.320. The summed E-state index contributed by atoms with van der Waals surface area (Å²) in [5.41, 5.74) is 3.72. The molecule has 3 heterocycles. The van der Waals surface area contributed by atoms with E-state index >= 15 is 0 Å². The van der Waals surface area contributed by atoms with Gasteiger partial charge in [0.25, 0.3) is 5.91 Å². The Labute approximate surface area is 203 Å². The quantitative estimate of drug-likeness (QED) is 0.409. The molecule has 188 valence electrons. The first-order valence-corrected chi connectivity index (χ1v) is 11.4. The number of piperidine rings is 1. The Morgan fingerprint density at radius 2 is 1.86 bits per heavy atom. The number of benzene rings is 2. The number of anilines is 2. The van der Waals surface area contributed by atoms with Gasteiger partial charge in [-0.3, -0.25) is 4.79 Å². The third-order valence-corrected chi connectivity index (χ3v) is 6.64. The predicted molar refractivity (Wildman–Crippen MR) is 123 cm³/mol. The minimum atomic E-state index is -5.15. The molecule has 11 heteroatoms. The second kappa shape index (κ2) is 9.29. The number of nitrogens with one attached hydrogen (secondary N) is 1. The molecule has 0 bridgehead atoms. The summed E-state index contributed by atoms with van der Waals surface area (Å²) in [6, 6.07) is 11.9. The largest absolute Gasteiger partial charge is 0.490 e. The van der Waals surface area contributed by atoms with Gasteiger partial charge in [0.15, 0.2) is 6.61 Å². The van der Waals surface area contributed by atoms with Crippen molar-refractivity contribution < 1.29 is 31.9 Å². The smallest absolute Gasteiger partial charge is 0.449 e. The van der Waals surface area contributed by atoms with Crippen LogP contribution in [0.15, 0.2) is 55.0 Å². The van der Waals surface area contributed by atoms with Crippen molar-refractivity contribution >= 4 is 23.3 Å². The Kier molecular flexibility index (Phi) is 6.15. The van der Waals surface area contributed by atoms with E-state index < -0.39 is 24.7 Å². The van der Waals surface area contributed by atoms with Gasteiger partial charge in [0.1, 0.15) is 5.82 Å². The van der Waals surface area contributed by atoms with E-state index in [4.69, 9.17) is 0 Å². The zero-order valence-electron chi connectivity index (χ0n) is 19.0. The summed E-state index contributed by atoms with van der Waals surface area (Å²) in [6.07, 6.45) is -0.0284. The molecule has 1 unspecified atom stereocenters. The lowest BCUT2D eigenvalue weighted by molar-refractivity contribution is -0.199. The fourth-order valence-electron chi connectivity index (χ4n) is 5.06. The van der Waals surface area contributed by atoms with Crippen LogP contribution in [-0.2, 0) is 14.3 Å². The molecule has 1 N–H and O–H groups in total. The van der Waals surface area contributed by atoms with Crippen LogP contribution in [0.25, 0.3) is 11.3 Å². The number of amides is 1. The lowest BCUT2D eigenvalue weighted by Crippen LogP contribution is -2.36. The summed E-state index contributed by atoms with van der Waals surface area (Å²) in [7, 11) is 0. The fourth-order valence-corrected chi connectivity index (χ4v) is 5.06. The summed E-state index contributed by atoms with van der Waals surface area (Å²) >= 11 is 0. The van der Waals surface area contributed by atoms with E-state index in [0.29, 0.717) is 24.3 Å². The molecule has 0 aliphatic carbocycles. The first-order chi connectivity index (χ1) is 17.2. The van der Waals surface area contributed by atoms with Gasteiger partial charge in [-0.15, -0.1) is 0 Å². The van der Waals surface area contributed by atoms with Crippen molar-refractivity contribution in [3.8, 4) is 11.3 Å². The molecule has 7 nitrogen and oxygen atoms in total. The van der Waals surface area contributed by atoms with Crippen LogP contribution in [0.2, 0.25) is 0 Å². The van der Waals surface area contributed by atoms with E-state index in [2.05, 4.69) is 24.5 Å². The standard InChI is InChI=1S/C25H22F4N4O3/c26-19-6-2-5-18-20-12-30-14-33(20)23(22(18)19)15-7-9-32(10-8-15)17-4-1-3-16(11-17)31-21(34)13-36-24(35)25(27,28)29/h1-6,11-12,14-15,23H,7-10,13H2,(H,31,34). The number of esters is 1. The van der Waals surface area contributed by atoms with Crippen molar-refractivity contribution in [2.75, 3.05) is 29.9 Å². The van der Waals surface area contributed by atoms with Crippen LogP contribution in [0.1, 0.15) is 24.4 Å². The van der Waals surface area contributed by atoms with Crippen molar-refractivity contribution in [2.45, 2.75) is 25.1 Å². The number of halogens is 4. The summed E-state index contributed by atoms with van der Waals surface area (Å²) in [4.78, 5) is 29.1. The van der Waals surface area contributed by atoms with E-state index in [-0.39, 0.29) is 17.8 Å². The van der Waals surface area contributed by atoms with Gasteiger partial charge < -0.3 is 19.5 Å². The maximum Gasteiger partial charge on any atom is 0.490 e.